The Bertz CT molecular complexity index is 418. The highest BCUT2D eigenvalue weighted by atomic mass is 16.6. The van der Waals surface area contributed by atoms with Crippen molar-refractivity contribution in [2.75, 3.05) is 13.1 Å². The van der Waals surface area contributed by atoms with Crippen molar-refractivity contribution < 1.29 is 14.6 Å². The average molecular weight is 247 g/mol. The van der Waals surface area contributed by atoms with Crippen molar-refractivity contribution >= 4 is 6.09 Å². The van der Waals surface area contributed by atoms with E-state index in [2.05, 4.69) is 6.58 Å². The quantitative estimate of drug-likeness (QED) is 0.829. The van der Waals surface area contributed by atoms with Gasteiger partial charge in [-0.3, -0.25) is 0 Å². The van der Waals surface area contributed by atoms with Crippen molar-refractivity contribution in [1.29, 1.82) is 0 Å². The Morgan fingerprint density at radius 2 is 2.17 bits per heavy atom. The van der Waals surface area contributed by atoms with Crippen molar-refractivity contribution in [3.8, 4) is 0 Å². The van der Waals surface area contributed by atoms with Gasteiger partial charge in [0.05, 0.1) is 12.6 Å². The van der Waals surface area contributed by atoms with Crippen LogP contribution in [-0.4, -0.2) is 35.3 Å². The molecule has 0 spiro atoms. The molecule has 1 amide bonds. The number of nitrogens with zero attached hydrogens (tertiary/aromatic N) is 1. The fourth-order valence-corrected chi connectivity index (χ4v) is 2.00. The third kappa shape index (κ3) is 2.90. The van der Waals surface area contributed by atoms with Crippen LogP contribution in [0.5, 0.6) is 0 Å². The Morgan fingerprint density at radius 1 is 1.44 bits per heavy atom. The fourth-order valence-electron chi connectivity index (χ4n) is 2.00. The van der Waals surface area contributed by atoms with Crippen LogP contribution >= 0.6 is 0 Å². The first-order valence-corrected chi connectivity index (χ1v) is 5.97. The summed E-state index contributed by atoms with van der Waals surface area (Å²) in [6.07, 6.45) is 0.754. The summed E-state index contributed by atoms with van der Waals surface area (Å²) in [4.78, 5) is 13.3. The molecule has 0 radical (unpaired) electrons. The number of benzene rings is 1. The number of carbonyl (C=O) groups is 1. The van der Waals surface area contributed by atoms with Gasteiger partial charge in [-0.15, -0.1) is 6.58 Å². The van der Waals surface area contributed by atoms with Crippen LogP contribution < -0.4 is 0 Å². The van der Waals surface area contributed by atoms with E-state index in [1.807, 2.05) is 30.3 Å². The van der Waals surface area contributed by atoms with Crippen LogP contribution in [0.2, 0.25) is 0 Å². The molecular formula is C14H17NO3. The first-order chi connectivity index (χ1) is 8.70. The van der Waals surface area contributed by atoms with Crippen molar-refractivity contribution in [2.24, 2.45) is 5.92 Å². The molecule has 1 aromatic carbocycles. The summed E-state index contributed by atoms with van der Waals surface area (Å²) in [5, 5.41) is 9.67. The largest absolute Gasteiger partial charge is 0.445 e. The molecule has 0 aliphatic carbocycles. The molecule has 0 bridgehead atoms. The Hall–Kier alpha value is -1.81. The lowest BCUT2D eigenvalue weighted by Crippen LogP contribution is -2.30. The first kappa shape index (κ1) is 12.6. The third-order valence-electron chi connectivity index (χ3n) is 3.10. The van der Waals surface area contributed by atoms with E-state index in [9.17, 15) is 9.90 Å². The Morgan fingerprint density at radius 3 is 2.78 bits per heavy atom. The zero-order valence-electron chi connectivity index (χ0n) is 10.2. The van der Waals surface area contributed by atoms with E-state index < -0.39 is 6.10 Å². The second-order valence-corrected chi connectivity index (χ2v) is 4.41. The van der Waals surface area contributed by atoms with E-state index >= 15 is 0 Å². The number of carbonyl (C=O) groups excluding carboxylic acids is 1. The van der Waals surface area contributed by atoms with Crippen LogP contribution in [0, 0.1) is 5.92 Å². The molecule has 4 heteroatoms. The van der Waals surface area contributed by atoms with Gasteiger partial charge in [0.25, 0.3) is 0 Å². The normalized spacial score (nSPS) is 22.8. The maximum Gasteiger partial charge on any atom is 0.410 e. The fraction of sp³-hybridized carbons (Fsp3) is 0.357. The number of ether oxygens (including phenoxy) is 1. The highest BCUT2D eigenvalue weighted by Crippen LogP contribution is 2.18. The molecule has 1 fully saturated rings. The number of β-amino-alcohol motifs (C(OH)–C–C–N with tert-alkyl or cyclic N) is 1. The number of aliphatic hydroxyl groups is 1. The molecule has 0 aromatic heterocycles. The summed E-state index contributed by atoms with van der Waals surface area (Å²) in [6, 6.07) is 9.52. The smallest absolute Gasteiger partial charge is 0.410 e. The maximum atomic E-state index is 11.8. The maximum absolute atomic E-state index is 11.8. The van der Waals surface area contributed by atoms with Gasteiger partial charge < -0.3 is 14.7 Å². The van der Waals surface area contributed by atoms with Crippen molar-refractivity contribution in [3.63, 3.8) is 0 Å². The molecule has 0 unspecified atom stereocenters. The summed E-state index contributed by atoms with van der Waals surface area (Å²) in [5.74, 6) is -0.0609. The van der Waals surface area contributed by atoms with E-state index in [1.54, 1.807) is 6.08 Å². The molecule has 2 rings (SSSR count). The van der Waals surface area contributed by atoms with Crippen LogP contribution in [0.15, 0.2) is 43.0 Å². The minimum atomic E-state index is -0.535. The van der Waals surface area contributed by atoms with E-state index in [0.717, 1.165) is 5.56 Å². The number of rotatable bonds is 3. The highest BCUT2D eigenvalue weighted by Gasteiger charge is 2.32. The third-order valence-corrected chi connectivity index (χ3v) is 3.10. The number of hydrogen-bond acceptors (Lipinski definition) is 3. The standard InChI is InChI=1S/C14H17NO3/c1-2-12-8-15(9-13(12)16)14(17)18-10-11-6-4-3-5-7-11/h2-7,12-13,16H,1,8-10H2/t12-,13+/m1/s1. The Balaban J connectivity index is 1.84. The lowest BCUT2D eigenvalue weighted by Gasteiger charge is -2.15. The molecule has 1 saturated heterocycles. The van der Waals surface area contributed by atoms with Gasteiger partial charge in [0.1, 0.15) is 6.61 Å². The van der Waals surface area contributed by atoms with Gasteiger partial charge in [-0.05, 0) is 5.56 Å². The van der Waals surface area contributed by atoms with Gasteiger partial charge in [-0.2, -0.15) is 0 Å². The van der Waals surface area contributed by atoms with Gasteiger partial charge in [0, 0.05) is 12.5 Å². The van der Waals surface area contributed by atoms with Crippen LogP contribution in [0.4, 0.5) is 4.79 Å². The molecule has 1 N–H and O–H groups in total. The molecule has 4 nitrogen and oxygen atoms in total. The minimum absolute atomic E-state index is 0.0609. The van der Waals surface area contributed by atoms with E-state index in [-0.39, 0.29) is 18.6 Å². The molecule has 18 heavy (non-hydrogen) atoms. The minimum Gasteiger partial charge on any atom is -0.445 e. The van der Waals surface area contributed by atoms with Gasteiger partial charge in [0.15, 0.2) is 0 Å². The zero-order chi connectivity index (χ0) is 13.0. The summed E-state index contributed by atoms with van der Waals surface area (Å²) in [5.41, 5.74) is 0.950. The SMILES string of the molecule is C=C[C@@H]1CN(C(=O)OCc2ccccc2)C[C@@H]1O. The monoisotopic (exact) mass is 247 g/mol. The van der Waals surface area contributed by atoms with Gasteiger partial charge in [-0.1, -0.05) is 36.4 Å². The molecule has 2 atom stereocenters. The summed E-state index contributed by atoms with van der Waals surface area (Å²) >= 11 is 0. The molecule has 96 valence electrons. The summed E-state index contributed by atoms with van der Waals surface area (Å²) < 4.78 is 5.19. The first-order valence-electron chi connectivity index (χ1n) is 5.97. The van der Waals surface area contributed by atoms with E-state index in [1.165, 1.54) is 4.90 Å². The van der Waals surface area contributed by atoms with E-state index in [4.69, 9.17) is 4.74 Å². The average Bonchev–Trinajstić information content (AvgIpc) is 2.78. The highest BCUT2D eigenvalue weighted by molar-refractivity contribution is 5.68. The van der Waals surface area contributed by atoms with Crippen molar-refractivity contribution in [1.82, 2.24) is 4.90 Å². The lowest BCUT2D eigenvalue weighted by molar-refractivity contribution is 0.0969. The van der Waals surface area contributed by atoms with Crippen LogP contribution in [0.1, 0.15) is 5.56 Å². The topological polar surface area (TPSA) is 49.8 Å². The molecule has 0 saturated carbocycles. The molecule has 1 heterocycles. The molecule has 1 aromatic rings. The Labute approximate surface area is 106 Å². The summed E-state index contributed by atoms with van der Waals surface area (Å²) in [6.45, 7) is 4.68. The predicted octanol–water partition coefficient (Wildman–Crippen LogP) is 1.80. The lowest BCUT2D eigenvalue weighted by atomic mass is 10.1. The van der Waals surface area contributed by atoms with Gasteiger partial charge in [-0.25, -0.2) is 4.79 Å². The number of aliphatic hydroxyl groups excluding tert-OH is 1. The second-order valence-electron chi connectivity index (χ2n) is 4.41. The summed E-state index contributed by atoms with van der Waals surface area (Å²) in [7, 11) is 0. The van der Waals surface area contributed by atoms with Crippen LogP contribution in [0.25, 0.3) is 0 Å². The molecule has 1 aliphatic rings. The molecule has 1 aliphatic heterocycles. The van der Waals surface area contributed by atoms with Gasteiger partial charge in [0.2, 0.25) is 0 Å². The van der Waals surface area contributed by atoms with Crippen molar-refractivity contribution in [2.45, 2.75) is 12.7 Å². The van der Waals surface area contributed by atoms with Crippen LogP contribution in [-0.2, 0) is 11.3 Å². The number of likely N-dealkylation sites (tertiary alicyclic amines) is 1. The molecular weight excluding hydrogens is 230 g/mol. The van der Waals surface area contributed by atoms with E-state index in [0.29, 0.717) is 13.1 Å². The second kappa shape index (κ2) is 5.69. The number of hydrogen-bond donors (Lipinski definition) is 1. The Kier molecular flexibility index (Phi) is 3.99. The predicted molar refractivity (Wildman–Crippen MR) is 67.9 cm³/mol. The number of amides is 1. The van der Waals surface area contributed by atoms with Crippen molar-refractivity contribution in [3.05, 3.63) is 48.6 Å². The zero-order valence-corrected chi connectivity index (χ0v) is 10.2. The van der Waals surface area contributed by atoms with Crippen LogP contribution in [0.3, 0.4) is 0 Å². The van der Waals surface area contributed by atoms with Gasteiger partial charge >= 0.3 is 6.09 Å².